The number of aliphatic hydroxyl groups is 1. The van der Waals surface area contributed by atoms with Crippen LogP contribution in [0.5, 0.6) is 5.75 Å². The lowest BCUT2D eigenvalue weighted by molar-refractivity contribution is -0.352. The molecule has 0 saturated heterocycles. The maximum absolute atomic E-state index is 13.0. The summed E-state index contributed by atoms with van der Waals surface area (Å²) in [5.41, 5.74) is 0.228. The fourth-order valence-corrected chi connectivity index (χ4v) is 6.37. The number of alkyl halides is 3. The highest BCUT2D eigenvalue weighted by molar-refractivity contribution is 6.30. The average molecular weight is 499 g/mol. The van der Waals surface area contributed by atoms with Gasteiger partial charge in [-0.3, -0.25) is 9.53 Å². The molecule has 1 aromatic carbocycles. The van der Waals surface area contributed by atoms with Crippen molar-refractivity contribution in [3.8, 4) is 5.75 Å². The molecule has 2 aromatic rings. The lowest BCUT2D eigenvalue weighted by Crippen LogP contribution is -2.65. The van der Waals surface area contributed by atoms with Crippen LogP contribution in [0, 0.1) is 5.41 Å². The van der Waals surface area contributed by atoms with Crippen LogP contribution in [0.1, 0.15) is 74.2 Å². The predicted molar refractivity (Wildman–Crippen MR) is 110 cm³/mol. The molecule has 1 N–H and O–H groups in total. The van der Waals surface area contributed by atoms with Gasteiger partial charge in [0.15, 0.2) is 17.7 Å². The van der Waals surface area contributed by atoms with Crippen LogP contribution < -0.4 is 4.74 Å². The number of carbonyl (C=O) groups excluding carboxylic acids is 1. The highest BCUT2D eigenvalue weighted by atomic mass is 35.5. The summed E-state index contributed by atoms with van der Waals surface area (Å²) in [5, 5.41) is 14.9. The number of aliphatic hydroxyl groups excluding tert-OH is 1. The van der Waals surface area contributed by atoms with E-state index in [1.165, 1.54) is 0 Å². The van der Waals surface area contributed by atoms with Crippen molar-refractivity contribution >= 4 is 17.4 Å². The Bertz CT molecular complexity index is 1130. The number of nitrogens with zero attached hydrogens (tertiary/aromatic N) is 2. The molecule has 2 bridgehead atoms. The van der Waals surface area contributed by atoms with Crippen molar-refractivity contribution in [2.45, 2.75) is 81.0 Å². The van der Waals surface area contributed by atoms with E-state index < -0.39 is 24.7 Å². The van der Waals surface area contributed by atoms with Crippen LogP contribution in [0.25, 0.3) is 0 Å². The molecular weight excluding hydrogens is 477 g/mol. The topological polar surface area (TPSA) is 94.7 Å². The molecule has 0 spiro atoms. The first-order valence-corrected chi connectivity index (χ1v) is 11.7. The number of hydrogen-bond donors (Lipinski definition) is 1. The van der Waals surface area contributed by atoms with Crippen molar-refractivity contribution in [1.82, 2.24) is 10.1 Å². The largest absolute Gasteiger partial charge is 0.522 e. The molecule has 34 heavy (non-hydrogen) atoms. The van der Waals surface area contributed by atoms with Gasteiger partial charge in [-0.05, 0) is 55.7 Å². The van der Waals surface area contributed by atoms with Crippen molar-refractivity contribution in [2.75, 3.05) is 0 Å². The Morgan fingerprint density at radius 3 is 2.68 bits per heavy atom. The van der Waals surface area contributed by atoms with Crippen LogP contribution in [0.3, 0.4) is 0 Å². The van der Waals surface area contributed by atoms with Crippen molar-refractivity contribution < 1.29 is 37.1 Å². The third-order valence-corrected chi connectivity index (χ3v) is 7.98. The van der Waals surface area contributed by atoms with Gasteiger partial charge in [0.25, 0.3) is 0 Å². The average Bonchev–Trinajstić information content (AvgIpc) is 3.14. The van der Waals surface area contributed by atoms with Crippen LogP contribution >= 0.6 is 11.6 Å². The Morgan fingerprint density at radius 1 is 1.24 bits per heavy atom. The van der Waals surface area contributed by atoms with Gasteiger partial charge in [-0.2, -0.15) is 4.98 Å². The number of Topliss-reactive ketones (excluding diaryl/α,β-unsaturated/α-hetero) is 1. The summed E-state index contributed by atoms with van der Waals surface area (Å²) in [6.07, 6.45) is -3.77. The summed E-state index contributed by atoms with van der Waals surface area (Å²) in [6, 6.07) is 4.98. The van der Waals surface area contributed by atoms with E-state index in [0.717, 1.165) is 19.3 Å². The van der Waals surface area contributed by atoms with Gasteiger partial charge in [-0.25, -0.2) is 0 Å². The Morgan fingerprint density at radius 2 is 1.97 bits per heavy atom. The number of rotatable bonds is 6. The molecule has 7 nitrogen and oxygen atoms in total. The molecule has 4 aliphatic carbocycles. The van der Waals surface area contributed by atoms with Gasteiger partial charge in [0.05, 0.1) is 17.6 Å². The summed E-state index contributed by atoms with van der Waals surface area (Å²) in [6.45, 7) is 0. The molecule has 4 fully saturated rings. The molecule has 11 heteroatoms. The van der Waals surface area contributed by atoms with Crippen molar-refractivity contribution in [2.24, 2.45) is 5.41 Å². The fourth-order valence-electron chi connectivity index (χ4n) is 6.19. The lowest BCUT2D eigenvalue weighted by atomic mass is 9.34. The van der Waals surface area contributed by atoms with E-state index in [0.29, 0.717) is 34.5 Å². The van der Waals surface area contributed by atoms with Crippen molar-refractivity contribution in [3.63, 3.8) is 0 Å². The summed E-state index contributed by atoms with van der Waals surface area (Å²) in [7, 11) is 0. The minimum absolute atomic E-state index is 0.0376. The number of hydrogen-bond acceptors (Lipinski definition) is 7. The van der Waals surface area contributed by atoms with Crippen LogP contribution in [0.2, 0.25) is 5.02 Å². The summed E-state index contributed by atoms with van der Waals surface area (Å²) in [5.74, 6) is 1.18. The SMILES string of the molecule is O=C(CC12CC(c3nc(C4CC(OC(F)(F)F)C4)no3)(C1)C2)[C@@H]1C[C@@H](O)c2cc(Cl)ccc2O1. The van der Waals surface area contributed by atoms with Crippen molar-refractivity contribution in [1.29, 1.82) is 0 Å². The third kappa shape index (κ3) is 3.70. The van der Waals surface area contributed by atoms with Crippen molar-refractivity contribution in [3.05, 3.63) is 40.5 Å². The molecule has 1 aromatic heterocycles. The molecule has 2 atom stereocenters. The molecule has 0 radical (unpaired) electrons. The number of ketones is 1. The first kappa shape index (κ1) is 22.3. The second-order valence-electron chi connectivity index (χ2n) is 10.3. The number of carbonyl (C=O) groups is 1. The first-order chi connectivity index (χ1) is 16.0. The van der Waals surface area contributed by atoms with Gasteiger partial charge in [0.2, 0.25) is 5.89 Å². The van der Waals surface area contributed by atoms with Gasteiger partial charge >= 0.3 is 6.36 Å². The van der Waals surface area contributed by atoms with E-state index in [1.54, 1.807) is 18.2 Å². The first-order valence-electron chi connectivity index (χ1n) is 11.3. The Labute approximate surface area is 197 Å². The number of benzene rings is 1. The number of ether oxygens (including phenoxy) is 2. The van der Waals surface area contributed by atoms with E-state index in [-0.39, 0.29) is 41.8 Å². The maximum atomic E-state index is 13.0. The quantitative estimate of drug-likeness (QED) is 0.613. The maximum Gasteiger partial charge on any atom is 0.522 e. The van der Waals surface area contributed by atoms with Gasteiger partial charge in [-0.15, -0.1) is 13.2 Å². The van der Waals surface area contributed by atoms with E-state index in [1.807, 2.05) is 0 Å². The van der Waals surface area contributed by atoms with Crippen LogP contribution in [-0.2, 0) is 14.9 Å². The van der Waals surface area contributed by atoms with Gasteiger partial charge in [0, 0.05) is 29.3 Å². The van der Waals surface area contributed by atoms with E-state index >= 15 is 0 Å². The van der Waals surface area contributed by atoms with Gasteiger partial charge in [-0.1, -0.05) is 16.8 Å². The Kier molecular flexibility index (Phi) is 4.86. The minimum atomic E-state index is -4.63. The normalized spacial score (nSPS) is 35.9. The van der Waals surface area contributed by atoms with E-state index in [2.05, 4.69) is 14.9 Å². The molecule has 0 unspecified atom stereocenters. The molecule has 0 amide bonds. The monoisotopic (exact) mass is 498 g/mol. The standard InChI is InChI=1S/C23H22ClF3N2O5/c24-12-1-2-17-14(5-12)15(30)6-18(32-17)16(31)7-21-8-22(9-21,10-21)20-28-19(29-34-20)11-3-13(4-11)33-23(25,26)27/h1-2,5,11,13,15,18,30H,3-4,6-10H2/t11?,13?,15-,18+,21?,22?/m1/s1. The lowest BCUT2D eigenvalue weighted by Gasteiger charge is -2.68. The smallest absolute Gasteiger partial charge is 0.482 e. The Balaban J connectivity index is 1.03. The minimum Gasteiger partial charge on any atom is -0.482 e. The van der Waals surface area contributed by atoms with Crippen LogP contribution in [0.15, 0.2) is 22.7 Å². The Hall–Kier alpha value is -2.17. The number of halogens is 4. The third-order valence-electron chi connectivity index (χ3n) is 7.74. The molecule has 7 rings (SSSR count). The van der Waals surface area contributed by atoms with E-state index in [4.69, 9.17) is 20.9 Å². The van der Waals surface area contributed by atoms with Crippen LogP contribution in [0.4, 0.5) is 13.2 Å². The second-order valence-corrected chi connectivity index (χ2v) is 10.7. The number of aromatic nitrogens is 2. The summed E-state index contributed by atoms with van der Waals surface area (Å²) < 4.78 is 52.2. The highest BCUT2D eigenvalue weighted by Gasteiger charge is 2.71. The molecule has 2 heterocycles. The molecule has 182 valence electrons. The van der Waals surface area contributed by atoms with Gasteiger partial charge < -0.3 is 14.4 Å². The highest BCUT2D eigenvalue weighted by Crippen LogP contribution is 2.75. The summed E-state index contributed by atoms with van der Waals surface area (Å²) in [4.78, 5) is 17.4. The zero-order valence-corrected chi connectivity index (χ0v) is 18.7. The van der Waals surface area contributed by atoms with E-state index in [9.17, 15) is 23.1 Å². The van der Waals surface area contributed by atoms with Crippen LogP contribution in [-0.4, -0.2) is 39.6 Å². The molecule has 5 aliphatic rings. The predicted octanol–water partition coefficient (Wildman–Crippen LogP) is 4.77. The van der Waals surface area contributed by atoms with Gasteiger partial charge in [0.1, 0.15) is 5.75 Å². The fraction of sp³-hybridized carbons (Fsp3) is 0.609. The summed E-state index contributed by atoms with van der Waals surface area (Å²) >= 11 is 5.99. The number of fused-ring (bicyclic) bond motifs is 1. The molecule has 4 saturated carbocycles. The zero-order valence-electron chi connectivity index (χ0n) is 18.0. The zero-order chi connectivity index (χ0) is 23.9. The molecular formula is C23H22ClF3N2O5. The molecule has 1 aliphatic heterocycles. The second kappa shape index (κ2) is 7.41.